The summed E-state index contributed by atoms with van der Waals surface area (Å²) in [7, 11) is 0. The number of aromatic nitrogens is 2. The SMILES string of the molecule is Cc1nccc(C(=O)C2CCCCC2)n1. The normalized spacial score (nSPS) is 17.7. The van der Waals surface area contributed by atoms with Gasteiger partial charge in [-0.1, -0.05) is 19.3 Å². The number of rotatable bonds is 2. The number of carbonyl (C=O) groups excluding carboxylic acids is 1. The first-order valence-corrected chi connectivity index (χ1v) is 5.61. The van der Waals surface area contributed by atoms with Crippen LogP contribution in [0.5, 0.6) is 0 Å². The third kappa shape index (κ3) is 2.41. The largest absolute Gasteiger partial charge is 0.292 e. The predicted octanol–water partition coefficient (Wildman–Crippen LogP) is 2.55. The van der Waals surface area contributed by atoms with Crippen LogP contribution < -0.4 is 0 Å². The quantitative estimate of drug-likeness (QED) is 0.695. The van der Waals surface area contributed by atoms with Crippen molar-refractivity contribution in [2.75, 3.05) is 0 Å². The first-order chi connectivity index (χ1) is 7.27. The Kier molecular flexibility index (Phi) is 3.09. The fourth-order valence-electron chi connectivity index (χ4n) is 2.17. The molecule has 0 saturated heterocycles. The molecule has 1 saturated carbocycles. The van der Waals surface area contributed by atoms with Crippen LogP contribution >= 0.6 is 0 Å². The van der Waals surface area contributed by atoms with Crippen molar-refractivity contribution < 1.29 is 4.79 Å². The van der Waals surface area contributed by atoms with Gasteiger partial charge in [-0.05, 0) is 25.8 Å². The summed E-state index contributed by atoms with van der Waals surface area (Å²) in [5.74, 6) is 1.09. The van der Waals surface area contributed by atoms with Crippen LogP contribution in [0.3, 0.4) is 0 Å². The Hall–Kier alpha value is -1.25. The van der Waals surface area contributed by atoms with Gasteiger partial charge in [0.2, 0.25) is 0 Å². The molecule has 0 aliphatic heterocycles. The molecule has 15 heavy (non-hydrogen) atoms. The highest BCUT2D eigenvalue weighted by atomic mass is 16.1. The molecule has 1 aliphatic carbocycles. The lowest BCUT2D eigenvalue weighted by molar-refractivity contribution is 0.0884. The van der Waals surface area contributed by atoms with Gasteiger partial charge in [-0.3, -0.25) is 4.79 Å². The highest BCUT2D eigenvalue weighted by Crippen LogP contribution is 2.26. The molecule has 1 heterocycles. The number of ketones is 1. The van der Waals surface area contributed by atoms with Gasteiger partial charge in [-0.25, -0.2) is 9.97 Å². The van der Waals surface area contributed by atoms with E-state index in [0.717, 1.165) is 12.8 Å². The van der Waals surface area contributed by atoms with Gasteiger partial charge in [0, 0.05) is 12.1 Å². The fraction of sp³-hybridized carbons (Fsp3) is 0.583. The van der Waals surface area contributed by atoms with E-state index in [2.05, 4.69) is 9.97 Å². The number of carbonyl (C=O) groups is 1. The van der Waals surface area contributed by atoms with E-state index in [1.165, 1.54) is 19.3 Å². The van der Waals surface area contributed by atoms with Crippen LogP contribution in [0.2, 0.25) is 0 Å². The van der Waals surface area contributed by atoms with E-state index in [-0.39, 0.29) is 11.7 Å². The van der Waals surface area contributed by atoms with Crippen molar-refractivity contribution in [2.45, 2.75) is 39.0 Å². The maximum Gasteiger partial charge on any atom is 0.184 e. The number of Topliss-reactive ketones (excluding diaryl/α,β-unsaturated/α-hetero) is 1. The topological polar surface area (TPSA) is 42.9 Å². The first-order valence-electron chi connectivity index (χ1n) is 5.61. The molecule has 0 amide bonds. The maximum absolute atomic E-state index is 12.1. The Balaban J connectivity index is 2.12. The maximum atomic E-state index is 12.1. The summed E-state index contributed by atoms with van der Waals surface area (Å²) in [6, 6.07) is 1.73. The lowest BCUT2D eigenvalue weighted by Crippen LogP contribution is -2.19. The second-order valence-corrected chi connectivity index (χ2v) is 4.19. The highest BCUT2D eigenvalue weighted by molar-refractivity contribution is 5.96. The van der Waals surface area contributed by atoms with Gasteiger partial charge in [-0.2, -0.15) is 0 Å². The van der Waals surface area contributed by atoms with E-state index in [9.17, 15) is 4.79 Å². The van der Waals surface area contributed by atoms with Crippen molar-refractivity contribution >= 4 is 5.78 Å². The molecule has 0 atom stereocenters. The van der Waals surface area contributed by atoms with Gasteiger partial charge < -0.3 is 0 Å². The Morgan fingerprint density at radius 3 is 2.73 bits per heavy atom. The molecule has 1 aliphatic rings. The fourth-order valence-corrected chi connectivity index (χ4v) is 2.17. The Morgan fingerprint density at radius 2 is 2.07 bits per heavy atom. The molecule has 1 aromatic rings. The minimum Gasteiger partial charge on any atom is -0.292 e. The molecule has 2 rings (SSSR count). The monoisotopic (exact) mass is 204 g/mol. The molecule has 0 radical (unpaired) electrons. The molecule has 1 fully saturated rings. The summed E-state index contributed by atoms with van der Waals surface area (Å²) in [6.07, 6.45) is 7.36. The molecule has 0 N–H and O–H groups in total. The zero-order valence-electron chi connectivity index (χ0n) is 9.07. The van der Waals surface area contributed by atoms with E-state index in [1.807, 2.05) is 6.92 Å². The van der Waals surface area contributed by atoms with Gasteiger partial charge in [-0.15, -0.1) is 0 Å². The lowest BCUT2D eigenvalue weighted by atomic mass is 9.85. The Morgan fingerprint density at radius 1 is 1.33 bits per heavy atom. The summed E-state index contributed by atoms with van der Waals surface area (Å²) in [5, 5.41) is 0. The van der Waals surface area contributed by atoms with Crippen LogP contribution in [-0.4, -0.2) is 15.8 Å². The van der Waals surface area contributed by atoms with Crippen molar-refractivity contribution in [3.8, 4) is 0 Å². The summed E-state index contributed by atoms with van der Waals surface area (Å²) in [4.78, 5) is 20.3. The number of aryl methyl sites for hydroxylation is 1. The molecule has 3 heteroatoms. The van der Waals surface area contributed by atoms with Gasteiger partial charge in [0.1, 0.15) is 11.5 Å². The second-order valence-electron chi connectivity index (χ2n) is 4.19. The van der Waals surface area contributed by atoms with E-state index in [1.54, 1.807) is 12.3 Å². The van der Waals surface area contributed by atoms with Crippen LogP contribution in [0.25, 0.3) is 0 Å². The van der Waals surface area contributed by atoms with E-state index in [4.69, 9.17) is 0 Å². The summed E-state index contributed by atoms with van der Waals surface area (Å²) >= 11 is 0. The zero-order valence-corrected chi connectivity index (χ0v) is 9.07. The standard InChI is InChI=1S/C12H16N2O/c1-9-13-8-7-11(14-9)12(15)10-5-3-2-4-6-10/h7-8,10H,2-6H2,1H3. The summed E-state index contributed by atoms with van der Waals surface area (Å²) in [5.41, 5.74) is 0.592. The van der Waals surface area contributed by atoms with Crippen molar-refractivity contribution in [2.24, 2.45) is 5.92 Å². The third-order valence-electron chi connectivity index (χ3n) is 3.00. The Labute approximate surface area is 89.9 Å². The predicted molar refractivity (Wildman–Crippen MR) is 57.7 cm³/mol. The Bertz CT molecular complexity index is 356. The zero-order chi connectivity index (χ0) is 10.7. The number of hydrogen-bond acceptors (Lipinski definition) is 3. The first kappa shape index (κ1) is 10.3. The van der Waals surface area contributed by atoms with Gasteiger partial charge in [0.15, 0.2) is 5.78 Å². The van der Waals surface area contributed by atoms with Crippen molar-refractivity contribution in [3.63, 3.8) is 0 Å². The van der Waals surface area contributed by atoms with Gasteiger partial charge >= 0.3 is 0 Å². The van der Waals surface area contributed by atoms with Crippen LogP contribution in [0.4, 0.5) is 0 Å². The van der Waals surface area contributed by atoms with Crippen LogP contribution in [0, 0.1) is 12.8 Å². The smallest absolute Gasteiger partial charge is 0.184 e. The number of hydrogen-bond donors (Lipinski definition) is 0. The molecule has 1 aromatic heterocycles. The summed E-state index contributed by atoms with van der Waals surface area (Å²) in [6.45, 7) is 1.82. The molecule has 0 aromatic carbocycles. The van der Waals surface area contributed by atoms with Crippen molar-refractivity contribution in [3.05, 3.63) is 23.8 Å². The van der Waals surface area contributed by atoms with Gasteiger partial charge in [0.25, 0.3) is 0 Å². The molecule has 3 nitrogen and oxygen atoms in total. The second kappa shape index (κ2) is 4.51. The number of nitrogens with zero attached hydrogens (tertiary/aromatic N) is 2. The van der Waals surface area contributed by atoms with Crippen molar-refractivity contribution in [1.82, 2.24) is 9.97 Å². The average molecular weight is 204 g/mol. The molecule has 0 bridgehead atoms. The van der Waals surface area contributed by atoms with Crippen molar-refractivity contribution in [1.29, 1.82) is 0 Å². The molecule has 0 unspecified atom stereocenters. The average Bonchev–Trinajstić information content (AvgIpc) is 2.29. The van der Waals surface area contributed by atoms with Crippen LogP contribution in [0.15, 0.2) is 12.3 Å². The third-order valence-corrected chi connectivity index (χ3v) is 3.00. The van der Waals surface area contributed by atoms with Crippen LogP contribution in [0.1, 0.15) is 48.4 Å². The van der Waals surface area contributed by atoms with E-state index < -0.39 is 0 Å². The molecule has 0 spiro atoms. The minimum absolute atomic E-state index is 0.202. The summed E-state index contributed by atoms with van der Waals surface area (Å²) < 4.78 is 0. The van der Waals surface area contributed by atoms with Gasteiger partial charge in [0.05, 0.1) is 0 Å². The van der Waals surface area contributed by atoms with E-state index in [0.29, 0.717) is 11.5 Å². The van der Waals surface area contributed by atoms with E-state index >= 15 is 0 Å². The molecular weight excluding hydrogens is 188 g/mol. The lowest BCUT2D eigenvalue weighted by Gasteiger charge is -2.19. The molecular formula is C12H16N2O. The van der Waals surface area contributed by atoms with Crippen LogP contribution in [-0.2, 0) is 0 Å². The highest BCUT2D eigenvalue weighted by Gasteiger charge is 2.23. The molecule has 80 valence electrons. The minimum atomic E-state index is 0.202.